The monoisotopic (exact) mass is 355 g/mol. The van der Waals surface area contributed by atoms with Gasteiger partial charge in [-0.05, 0) is 18.9 Å². The molecule has 0 unspecified atom stereocenters. The molecule has 0 fully saturated rings. The van der Waals surface area contributed by atoms with Crippen molar-refractivity contribution in [1.29, 1.82) is 0 Å². The van der Waals surface area contributed by atoms with Gasteiger partial charge in [-0.1, -0.05) is 35.7 Å². The van der Waals surface area contributed by atoms with Crippen molar-refractivity contribution in [2.45, 2.75) is 25.5 Å². The second-order valence-electron chi connectivity index (χ2n) is 5.50. The Bertz CT molecular complexity index is 785. The molecule has 2 N–H and O–H groups in total. The molecule has 2 aromatic rings. The van der Waals surface area contributed by atoms with Crippen molar-refractivity contribution in [2.24, 2.45) is 0 Å². The van der Waals surface area contributed by atoms with Crippen molar-refractivity contribution in [3.63, 3.8) is 0 Å². The van der Waals surface area contributed by atoms with Crippen LogP contribution >= 0.6 is 0 Å². The van der Waals surface area contributed by atoms with E-state index in [2.05, 4.69) is 5.32 Å². The fourth-order valence-electron chi connectivity index (χ4n) is 2.25. The summed E-state index contributed by atoms with van der Waals surface area (Å²) in [5, 5.41) is 12.0. The third-order valence-corrected chi connectivity index (χ3v) is 3.67. The van der Waals surface area contributed by atoms with Crippen LogP contribution in [0, 0.1) is 48.4 Å². The van der Waals surface area contributed by atoms with E-state index in [0.717, 1.165) is 5.56 Å². The first-order valence-corrected chi connectivity index (χ1v) is 7.24. The van der Waals surface area contributed by atoms with Gasteiger partial charge in [-0.15, -0.1) is 6.42 Å². The van der Waals surface area contributed by atoms with Gasteiger partial charge in [0.15, 0.2) is 23.3 Å². The van der Waals surface area contributed by atoms with Crippen molar-refractivity contribution in [1.82, 2.24) is 0 Å². The normalized spacial score (nSPS) is 13.2. The Balaban J connectivity index is 2.38. The molecule has 0 saturated heterocycles. The average Bonchev–Trinajstić information content (AvgIpc) is 2.62. The minimum atomic E-state index is -2.26. The van der Waals surface area contributed by atoms with E-state index in [0.29, 0.717) is 5.56 Å². The standard InChI is InChI=1S/C18H14F5NO/c1-3-12(25)11(8-10-6-4-9(2)5-7-10)24-18-16(22)14(20)13(19)15(21)17(18)23/h1,4-7,11-12,24-25H,8H2,2H3/t11-,12-/m1/s1. The van der Waals surface area contributed by atoms with E-state index in [-0.39, 0.29) is 6.42 Å². The Labute approximate surface area is 141 Å². The molecule has 0 saturated carbocycles. The molecule has 25 heavy (non-hydrogen) atoms. The highest BCUT2D eigenvalue weighted by molar-refractivity contribution is 5.49. The summed E-state index contributed by atoms with van der Waals surface area (Å²) in [5.74, 6) is -8.47. The highest BCUT2D eigenvalue weighted by atomic mass is 19.2. The van der Waals surface area contributed by atoms with Gasteiger partial charge in [-0.25, -0.2) is 22.0 Å². The van der Waals surface area contributed by atoms with Gasteiger partial charge in [-0.3, -0.25) is 0 Å². The Morgan fingerprint density at radius 2 is 1.44 bits per heavy atom. The molecular formula is C18H14F5NO. The van der Waals surface area contributed by atoms with Gasteiger partial charge in [-0.2, -0.15) is 0 Å². The van der Waals surface area contributed by atoms with Gasteiger partial charge < -0.3 is 10.4 Å². The molecule has 132 valence electrons. The van der Waals surface area contributed by atoms with Gasteiger partial charge in [0, 0.05) is 0 Å². The van der Waals surface area contributed by atoms with E-state index in [1.165, 1.54) is 0 Å². The molecule has 0 aliphatic rings. The van der Waals surface area contributed by atoms with Gasteiger partial charge >= 0.3 is 0 Å². The third kappa shape index (κ3) is 3.91. The molecule has 0 spiro atoms. The number of benzene rings is 2. The van der Waals surface area contributed by atoms with E-state index in [1.54, 1.807) is 24.3 Å². The van der Waals surface area contributed by atoms with Crippen LogP contribution in [0.15, 0.2) is 24.3 Å². The lowest BCUT2D eigenvalue weighted by atomic mass is 10.00. The van der Waals surface area contributed by atoms with Crippen molar-refractivity contribution < 1.29 is 27.1 Å². The summed E-state index contributed by atoms with van der Waals surface area (Å²) in [4.78, 5) is 0. The second kappa shape index (κ2) is 7.53. The van der Waals surface area contributed by atoms with Crippen LogP contribution in [0.3, 0.4) is 0 Å². The first-order chi connectivity index (χ1) is 11.8. The Hall–Kier alpha value is -2.59. The second-order valence-corrected chi connectivity index (χ2v) is 5.50. The molecule has 7 heteroatoms. The lowest BCUT2D eigenvalue weighted by Gasteiger charge is -2.23. The number of aliphatic hydroxyl groups is 1. The minimum Gasteiger partial charge on any atom is -0.378 e. The number of hydrogen-bond donors (Lipinski definition) is 2. The number of aliphatic hydroxyl groups excluding tert-OH is 1. The number of anilines is 1. The lowest BCUT2D eigenvalue weighted by molar-refractivity contribution is 0.207. The third-order valence-electron chi connectivity index (χ3n) is 3.67. The molecule has 2 aromatic carbocycles. The van der Waals surface area contributed by atoms with Crippen molar-refractivity contribution in [3.05, 3.63) is 64.5 Å². The molecule has 0 aliphatic heterocycles. The summed E-state index contributed by atoms with van der Waals surface area (Å²) in [5.41, 5.74) is 0.384. The SMILES string of the molecule is C#C[C@@H](O)[C@@H](Cc1ccc(C)cc1)Nc1c(F)c(F)c(F)c(F)c1F. The van der Waals surface area contributed by atoms with Crippen molar-refractivity contribution in [2.75, 3.05) is 5.32 Å². The fraction of sp³-hybridized carbons (Fsp3) is 0.222. The maximum Gasteiger partial charge on any atom is 0.200 e. The highest BCUT2D eigenvalue weighted by Crippen LogP contribution is 2.28. The maximum absolute atomic E-state index is 13.8. The summed E-state index contributed by atoms with van der Waals surface area (Å²) in [6, 6.07) is 5.78. The number of hydrogen-bond acceptors (Lipinski definition) is 2. The topological polar surface area (TPSA) is 32.3 Å². The predicted molar refractivity (Wildman–Crippen MR) is 83.4 cm³/mol. The fourth-order valence-corrected chi connectivity index (χ4v) is 2.25. The Kier molecular flexibility index (Phi) is 5.65. The van der Waals surface area contributed by atoms with E-state index in [1.807, 2.05) is 12.8 Å². The maximum atomic E-state index is 13.8. The van der Waals surface area contributed by atoms with Gasteiger partial charge in [0.2, 0.25) is 5.82 Å². The molecule has 2 atom stereocenters. The van der Waals surface area contributed by atoms with Crippen LogP contribution in [-0.4, -0.2) is 17.3 Å². The van der Waals surface area contributed by atoms with Crippen LogP contribution in [0.2, 0.25) is 0 Å². The molecule has 0 aromatic heterocycles. The Morgan fingerprint density at radius 3 is 1.92 bits per heavy atom. The molecule has 0 bridgehead atoms. The highest BCUT2D eigenvalue weighted by Gasteiger charge is 2.28. The predicted octanol–water partition coefficient (Wildman–Crippen LogP) is 3.71. The minimum absolute atomic E-state index is 0.00510. The molecular weight excluding hydrogens is 341 g/mol. The molecule has 0 aliphatic carbocycles. The van der Waals surface area contributed by atoms with Crippen molar-refractivity contribution in [3.8, 4) is 12.3 Å². The van der Waals surface area contributed by atoms with Gasteiger partial charge in [0.25, 0.3) is 0 Å². The Morgan fingerprint density at radius 1 is 0.960 bits per heavy atom. The van der Waals surface area contributed by atoms with Crippen LogP contribution in [0.1, 0.15) is 11.1 Å². The quantitative estimate of drug-likeness (QED) is 0.371. The van der Waals surface area contributed by atoms with E-state index >= 15 is 0 Å². The van der Waals surface area contributed by atoms with Crippen LogP contribution in [0.4, 0.5) is 27.6 Å². The molecule has 0 amide bonds. The number of nitrogens with one attached hydrogen (secondary N) is 1. The molecule has 2 rings (SSSR count). The lowest BCUT2D eigenvalue weighted by Crippen LogP contribution is -2.35. The largest absolute Gasteiger partial charge is 0.378 e. The van der Waals surface area contributed by atoms with Crippen LogP contribution in [0.25, 0.3) is 0 Å². The van der Waals surface area contributed by atoms with Gasteiger partial charge in [0.05, 0.1) is 6.04 Å². The zero-order valence-electron chi connectivity index (χ0n) is 13.1. The van der Waals surface area contributed by atoms with Crippen molar-refractivity contribution >= 4 is 5.69 Å². The summed E-state index contributed by atoms with van der Waals surface area (Å²) >= 11 is 0. The molecule has 0 radical (unpaired) electrons. The van der Waals surface area contributed by atoms with Gasteiger partial charge in [0.1, 0.15) is 11.8 Å². The van der Waals surface area contributed by atoms with E-state index < -0.39 is 46.9 Å². The summed E-state index contributed by atoms with van der Waals surface area (Å²) in [6.45, 7) is 1.85. The summed E-state index contributed by atoms with van der Waals surface area (Å²) < 4.78 is 67.3. The van der Waals surface area contributed by atoms with E-state index in [4.69, 9.17) is 6.42 Å². The summed E-state index contributed by atoms with van der Waals surface area (Å²) in [7, 11) is 0. The number of rotatable bonds is 5. The zero-order chi connectivity index (χ0) is 18.7. The molecule has 0 heterocycles. The van der Waals surface area contributed by atoms with E-state index in [9.17, 15) is 27.1 Å². The van der Waals surface area contributed by atoms with Crippen LogP contribution in [0.5, 0.6) is 0 Å². The number of halogens is 5. The first-order valence-electron chi connectivity index (χ1n) is 7.24. The van der Waals surface area contributed by atoms with Crippen LogP contribution < -0.4 is 5.32 Å². The zero-order valence-corrected chi connectivity index (χ0v) is 13.1. The molecule has 2 nitrogen and oxygen atoms in total. The average molecular weight is 355 g/mol. The van der Waals surface area contributed by atoms with Crippen LogP contribution in [-0.2, 0) is 6.42 Å². The summed E-state index contributed by atoms with van der Waals surface area (Å²) in [6.07, 6.45) is 3.62. The number of aryl methyl sites for hydroxylation is 1. The first kappa shape index (κ1) is 18.7. The number of terminal acetylenes is 1. The smallest absolute Gasteiger partial charge is 0.200 e.